The molecule has 3 nitrogen and oxygen atoms in total. The van der Waals surface area contributed by atoms with Gasteiger partial charge in [0, 0.05) is 17.1 Å². The van der Waals surface area contributed by atoms with Crippen LogP contribution in [0.3, 0.4) is 0 Å². The van der Waals surface area contributed by atoms with Gasteiger partial charge >= 0.3 is 0 Å². The molecule has 1 aromatic rings. The third kappa shape index (κ3) is 4.85. The lowest BCUT2D eigenvalue weighted by Crippen LogP contribution is -2.33. The van der Waals surface area contributed by atoms with E-state index in [0.717, 1.165) is 17.3 Å². The largest absolute Gasteiger partial charge is 0.389 e. The molecule has 0 aromatic heterocycles. The Morgan fingerprint density at radius 2 is 2.05 bits per heavy atom. The molecule has 1 aliphatic rings. The van der Waals surface area contributed by atoms with E-state index in [1.807, 2.05) is 18.2 Å². The summed E-state index contributed by atoms with van der Waals surface area (Å²) in [5.41, 5.74) is 1.21. The molecule has 0 amide bonds. The number of hydrogen-bond acceptors (Lipinski definition) is 3. The van der Waals surface area contributed by atoms with Crippen molar-refractivity contribution >= 4 is 15.9 Å². The average Bonchev–Trinajstić information content (AvgIpc) is 2.96. The molecule has 0 radical (unpaired) electrons. The van der Waals surface area contributed by atoms with Crippen LogP contribution < -0.4 is 5.32 Å². The molecule has 0 heterocycles. The van der Waals surface area contributed by atoms with E-state index in [2.05, 4.69) is 34.2 Å². The number of hydrogen-bond donors (Lipinski definition) is 2. The molecule has 1 aromatic carbocycles. The van der Waals surface area contributed by atoms with Crippen LogP contribution in [0.1, 0.15) is 44.2 Å². The zero-order chi connectivity index (χ0) is 14.4. The minimum Gasteiger partial charge on any atom is -0.389 e. The molecular weight excluding hydrogens is 318 g/mol. The minimum atomic E-state index is -0.444. The van der Waals surface area contributed by atoms with E-state index >= 15 is 0 Å². The second kappa shape index (κ2) is 8.13. The lowest BCUT2D eigenvalue weighted by molar-refractivity contribution is -0.00610. The molecule has 0 spiro atoms. The lowest BCUT2D eigenvalue weighted by Gasteiger charge is -2.20. The molecule has 20 heavy (non-hydrogen) atoms. The van der Waals surface area contributed by atoms with E-state index in [4.69, 9.17) is 4.74 Å². The van der Waals surface area contributed by atoms with Crippen LogP contribution in [0.4, 0.5) is 0 Å². The quantitative estimate of drug-likeness (QED) is 0.798. The van der Waals surface area contributed by atoms with Crippen molar-refractivity contribution in [3.05, 3.63) is 34.3 Å². The van der Waals surface area contributed by atoms with Gasteiger partial charge in [-0.2, -0.15) is 0 Å². The van der Waals surface area contributed by atoms with Crippen molar-refractivity contribution in [2.75, 3.05) is 13.2 Å². The fraction of sp³-hybridized carbons (Fsp3) is 0.625. The molecule has 2 N–H and O–H groups in total. The molecule has 1 fully saturated rings. The van der Waals surface area contributed by atoms with E-state index in [-0.39, 0.29) is 6.04 Å². The van der Waals surface area contributed by atoms with Gasteiger partial charge in [-0.05, 0) is 31.4 Å². The highest BCUT2D eigenvalue weighted by atomic mass is 79.9. The van der Waals surface area contributed by atoms with Crippen LogP contribution in [-0.2, 0) is 4.74 Å². The average molecular weight is 342 g/mol. The van der Waals surface area contributed by atoms with Gasteiger partial charge in [0.25, 0.3) is 0 Å². The maximum absolute atomic E-state index is 9.98. The Hall–Kier alpha value is -0.420. The Morgan fingerprint density at radius 3 is 2.75 bits per heavy atom. The molecule has 2 atom stereocenters. The molecule has 0 saturated heterocycles. The maximum Gasteiger partial charge on any atom is 0.0898 e. The molecule has 1 aliphatic carbocycles. The number of halogens is 1. The van der Waals surface area contributed by atoms with E-state index in [1.54, 1.807) is 0 Å². The normalized spacial score (nSPS) is 19.1. The summed E-state index contributed by atoms with van der Waals surface area (Å²) in [4.78, 5) is 0. The highest BCUT2D eigenvalue weighted by Crippen LogP contribution is 2.23. The van der Waals surface area contributed by atoms with Gasteiger partial charge in [-0.25, -0.2) is 0 Å². The predicted molar refractivity (Wildman–Crippen MR) is 84.8 cm³/mol. The molecule has 0 bridgehead atoms. The first-order valence-corrected chi connectivity index (χ1v) is 8.23. The van der Waals surface area contributed by atoms with Gasteiger partial charge < -0.3 is 15.2 Å². The smallest absolute Gasteiger partial charge is 0.0898 e. The third-order valence-corrected chi connectivity index (χ3v) is 4.58. The van der Waals surface area contributed by atoms with E-state index in [9.17, 15) is 5.11 Å². The standard InChI is InChI=1S/C16H24BrNO2/c1-12(15-8-4-5-9-16(15)17)18-10-13(19)11-20-14-6-2-3-7-14/h4-5,8-9,12-14,18-19H,2-3,6-7,10-11H2,1H3/t12-,13?/m1/s1. The van der Waals surface area contributed by atoms with E-state index in [1.165, 1.54) is 18.4 Å². The molecule has 112 valence electrons. The van der Waals surface area contributed by atoms with Gasteiger partial charge in [0.2, 0.25) is 0 Å². The van der Waals surface area contributed by atoms with Crippen LogP contribution in [-0.4, -0.2) is 30.5 Å². The zero-order valence-electron chi connectivity index (χ0n) is 12.0. The van der Waals surface area contributed by atoms with Crippen LogP contribution >= 0.6 is 15.9 Å². The summed E-state index contributed by atoms with van der Waals surface area (Å²) in [6, 6.07) is 8.35. The maximum atomic E-state index is 9.98. The molecular formula is C16H24BrNO2. The van der Waals surface area contributed by atoms with Crippen LogP contribution in [0.2, 0.25) is 0 Å². The molecule has 1 saturated carbocycles. The highest BCUT2D eigenvalue weighted by Gasteiger charge is 2.17. The number of ether oxygens (including phenoxy) is 1. The Morgan fingerprint density at radius 1 is 1.35 bits per heavy atom. The van der Waals surface area contributed by atoms with Gasteiger partial charge in [0.1, 0.15) is 0 Å². The van der Waals surface area contributed by atoms with Crippen LogP contribution in [0.15, 0.2) is 28.7 Å². The van der Waals surface area contributed by atoms with Crippen molar-refractivity contribution in [1.29, 1.82) is 0 Å². The van der Waals surface area contributed by atoms with Gasteiger partial charge in [-0.3, -0.25) is 0 Å². The molecule has 1 unspecified atom stereocenters. The van der Waals surface area contributed by atoms with Crippen molar-refractivity contribution in [2.24, 2.45) is 0 Å². The lowest BCUT2D eigenvalue weighted by atomic mass is 10.1. The Balaban J connectivity index is 1.69. The number of aliphatic hydroxyl groups is 1. The topological polar surface area (TPSA) is 41.5 Å². The van der Waals surface area contributed by atoms with Gasteiger partial charge in [-0.15, -0.1) is 0 Å². The first kappa shape index (κ1) is 16.0. The van der Waals surface area contributed by atoms with Crippen molar-refractivity contribution in [2.45, 2.75) is 50.9 Å². The van der Waals surface area contributed by atoms with Gasteiger partial charge in [0.05, 0.1) is 18.8 Å². The van der Waals surface area contributed by atoms with Crippen molar-refractivity contribution in [3.63, 3.8) is 0 Å². The van der Waals surface area contributed by atoms with Crippen LogP contribution in [0, 0.1) is 0 Å². The first-order valence-electron chi connectivity index (χ1n) is 7.44. The summed E-state index contributed by atoms with van der Waals surface area (Å²) in [7, 11) is 0. The Kier molecular flexibility index (Phi) is 6.49. The van der Waals surface area contributed by atoms with Gasteiger partial charge in [-0.1, -0.05) is 47.0 Å². The summed E-state index contributed by atoms with van der Waals surface area (Å²) in [6.45, 7) is 3.08. The number of aliphatic hydroxyl groups excluding tert-OH is 1. The predicted octanol–water partition coefficient (Wildman–Crippen LogP) is 3.42. The first-order chi connectivity index (χ1) is 9.66. The summed E-state index contributed by atoms with van der Waals surface area (Å²) in [5, 5.41) is 13.3. The van der Waals surface area contributed by atoms with Crippen LogP contribution in [0.5, 0.6) is 0 Å². The third-order valence-electron chi connectivity index (χ3n) is 3.86. The van der Waals surface area contributed by atoms with Gasteiger partial charge in [0.15, 0.2) is 0 Å². The van der Waals surface area contributed by atoms with Crippen molar-refractivity contribution < 1.29 is 9.84 Å². The summed E-state index contributed by atoms with van der Waals surface area (Å²) in [5.74, 6) is 0. The van der Waals surface area contributed by atoms with Crippen molar-refractivity contribution in [3.8, 4) is 0 Å². The summed E-state index contributed by atoms with van der Waals surface area (Å²) < 4.78 is 6.82. The van der Waals surface area contributed by atoms with E-state index in [0.29, 0.717) is 19.3 Å². The summed E-state index contributed by atoms with van der Waals surface area (Å²) in [6.07, 6.45) is 4.74. The van der Waals surface area contributed by atoms with E-state index < -0.39 is 6.10 Å². The van der Waals surface area contributed by atoms with Crippen molar-refractivity contribution in [1.82, 2.24) is 5.32 Å². The number of nitrogens with one attached hydrogen (secondary N) is 1. The highest BCUT2D eigenvalue weighted by molar-refractivity contribution is 9.10. The Bertz CT molecular complexity index is 407. The zero-order valence-corrected chi connectivity index (χ0v) is 13.6. The SMILES string of the molecule is C[C@@H](NCC(O)COC1CCCC1)c1ccccc1Br. The number of benzene rings is 1. The Labute approximate surface area is 129 Å². The summed E-state index contributed by atoms with van der Waals surface area (Å²) >= 11 is 3.55. The second-order valence-electron chi connectivity index (χ2n) is 5.55. The second-order valence-corrected chi connectivity index (χ2v) is 6.40. The van der Waals surface area contributed by atoms with Crippen LogP contribution in [0.25, 0.3) is 0 Å². The fourth-order valence-corrected chi connectivity index (χ4v) is 3.24. The molecule has 0 aliphatic heterocycles. The molecule has 2 rings (SSSR count). The number of rotatable bonds is 7. The monoisotopic (exact) mass is 341 g/mol. The molecule has 4 heteroatoms. The fourth-order valence-electron chi connectivity index (χ4n) is 2.61. The minimum absolute atomic E-state index is 0.201.